The second-order valence-electron chi connectivity index (χ2n) is 5.32. The second kappa shape index (κ2) is 8.01. The van der Waals surface area contributed by atoms with E-state index >= 15 is 0 Å². The Kier molecular flexibility index (Phi) is 5.78. The highest BCUT2D eigenvalue weighted by atomic mass is 16.5. The first kappa shape index (κ1) is 17.3. The Labute approximate surface area is 140 Å². The van der Waals surface area contributed by atoms with Crippen molar-refractivity contribution in [1.82, 2.24) is 10.9 Å². The predicted molar refractivity (Wildman–Crippen MR) is 90.0 cm³/mol. The summed E-state index contributed by atoms with van der Waals surface area (Å²) in [6.07, 6.45) is 0. The highest BCUT2D eigenvalue weighted by Gasteiger charge is 2.10. The maximum absolute atomic E-state index is 12.0. The molecule has 0 saturated heterocycles. The summed E-state index contributed by atoms with van der Waals surface area (Å²) >= 11 is 0. The van der Waals surface area contributed by atoms with E-state index < -0.39 is 5.91 Å². The Morgan fingerprint density at radius 3 is 2.21 bits per heavy atom. The summed E-state index contributed by atoms with van der Waals surface area (Å²) < 4.78 is 10.5. The highest BCUT2D eigenvalue weighted by Crippen LogP contribution is 2.25. The molecule has 0 fully saturated rings. The van der Waals surface area contributed by atoms with E-state index in [1.807, 2.05) is 19.9 Å². The monoisotopic (exact) mass is 328 g/mol. The van der Waals surface area contributed by atoms with Gasteiger partial charge in [-0.15, -0.1) is 0 Å². The molecule has 0 unspecified atom stereocenters. The van der Waals surface area contributed by atoms with Crippen molar-refractivity contribution in [2.24, 2.45) is 0 Å². The van der Waals surface area contributed by atoms with Crippen molar-refractivity contribution in [3.05, 3.63) is 59.2 Å². The highest BCUT2D eigenvalue weighted by molar-refractivity contribution is 5.95. The molecule has 2 amide bonds. The Balaban J connectivity index is 1.85. The van der Waals surface area contributed by atoms with E-state index in [0.29, 0.717) is 17.1 Å². The van der Waals surface area contributed by atoms with Crippen molar-refractivity contribution < 1.29 is 19.1 Å². The molecule has 0 aliphatic heterocycles. The van der Waals surface area contributed by atoms with E-state index in [4.69, 9.17) is 9.47 Å². The average molecular weight is 328 g/mol. The van der Waals surface area contributed by atoms with Crippen LogP contribution in [0.1, 0.15) is 21.5 Å². The minimum Gasteiger partial charge on any atom is -0.493 e. The number of carbonyl (C=O) groups excluding carboxylic acids is 2. The second-order valence-corrected chi connectivity index (χ2v) is 5.32. The Morgan fingerprint density at radius 2 is 1.58 bits per heavy atom. The van der Waals surface area contributed by atoms with Crippen LogP contribution in [0.5, 0.6) is 11.5 Å². The van der Waals surface area contributed by atoms with Gasteiger partial charge in [0, 0.05) is 5.56 Å². The van der Waals surface area contributed by atoms with Gasteiger partial charge in [0.25, 0.3) is 11.8 Å². The maximum atomic E-state index is 12.0. The van der Waals surface area contributed by atoms with Crippen molar-refractivity contribution >= 4 is 11.8 Å². The molecular weight excluding hydrogens is 308 g/mol. The molecule has 0 aliphatic rings. The summed E-state index contributed by atoms with van der Waals surface area (Å²) in [5.41, 5.74) is 7.13. The van der Waals surface area contributed by atoms with Gasteiger partial charge in [-0.1, -0.05) is 29.3 Å². The Bertz CT molecular complexity index is 723. The molecule has 0 atom stereocenters. The van der Waals surface area contributed by atoms with E-state index in [0.717, 1.165) is 11.1 Å². The third-order valence-electron chi connectivity index (χ3n) is 3.23. The lowest BCUT2D eigenvalue weighted by molar-refractivity contribution is -0.123. The molecule has 6 heteroatoms. The maximum Gasteiger partial charge on any atom is 0.276 e. The molecule has 126 valence electrons. The molecule has 0 heterocycles. The van der Waals surface area contributed by atoms with E-state index in [1.165, 1.54) is 7.11 Å². The number of hydrogen-bond acceptors (Lipinski definition) is 4. The Hall–Kier alpha value is -3.02. The number of hydrazine groups is 1. The molecule has 0 bridgehead atoms. The van der Waals surface area contributed by atoms with Gasteiger partial charge < -0.3 is 9.47 Å². The van der Waals surface area contributed by atoms with Crippen molar-refractivity contribution in [3.8, 4) is 11.5 Å². The fourth-order valence-electron chi connectivity index (χ4n) is 2.22. The van der Waals surface area contributed by atoms with E-state index in [1.54, 1.807) is 36.4 Å². The molecule has 2 aromatic carbocycles. The van der Waals surface area contributed by atoms with Crippen LogP contribution < -0.4 is 20.3 Å². The lowest BCUT2D eigenvalue weighted by atomic mass is 10.1. The summed E-state index contributed by atoms with van der Waals surface area (Å²) in [7, 11) is 1.52. The topological polar surface area (TPSA) is 76.7 Å². The number of amides is 2. The van der Waals surface area contributed by atoms with Gasteiger partial charge in [0.15, 0.2) is 18.1 Å². The minimum absolute atomic E-state index is 0.243. The van der Waals surface area contributed by atoms with E-state index in [2.05, 4.69) is 10.9 Å². The number of ether oxygens (including phenoxy) is 2. The van der Waals surface area contributed by atoms with Crippen LogP contribution in [-0.2, 0) is 4.79 Å². The van der Waals surface area contributed by atoms with E-state index in [9.17, 15) is 9.59 Å². The number of carbonyl (C=O) groups is 2. The predicted octanol–water partition coefficient (Wildman–Crippen LogP) is 2.15. The quantitative estimate of drug-likeness (QED) is 0.825. The van der Waals surface area contributed by atoms with Crippen molar-refractivity contribution in [3.63, 3.8) is 0 Å². The van der Waals surface area contributed by atoms with Crippen LogP contribution in [0.25, 0.3) is 0 Å². The molecule has 6 nitrogen and oxygen atoms in total. The van der Waals surface area contributed by atoms with Gasteiger partial charge in [-0.25, -0.2) is 0 Å². The summed E-state index contributed by atoms with van der Waals surface area (Å²) in [6.45, 7) is 3.57. The Morgan fingerprint density at radius 1 is 0.958 bits per heavy atom. The van der Waals surface area contributed by atoms with Crippen LogP contribution in [-0.4, -0.2) is 25.5 Å². The molecule has 24 heavy (non-hydrogen) atoms. The zero-order chi connectivity index (χ0) is 17.5. The van der Waals surface area contributed by atoms with Gasteiger partial charge in [-0.05, 0) is 38.1 Å². The number of methoxy groups -OCH3 is 1. The van der Waals surface area contributed by atoms with Gasteiger partial charge in [0.1, 0.15) is 0 Å². The van der Waals surface area contributed by atoms with Gasteiger partial charge in [0.2, 0.25) is 0 Å². The molecular formula is C18H20N2O4. The number of para-hydroxylation sites is 2. The lowest BCUT2D eigenvalue weighted by Crippen LogP contribution is -2.43. The molecule has 2 aromatic rings. The smallest absolute Gasteiger partial charge is 0.276 e. The lowest BCUT2D eigenvalue weighted by Gasteiger charge is -2.11. The first-order valence-electron chi connectivity index (χ1n) is 7.43. The number of aryl methyl sites for hydroxylation is 2. The zero-order valence-corrected chi connectivity index (χ0v) is 13.9. The fraction of sp³-hybridized carbons (Fsp3) is 0.222. The van der Waals surface area contributed by atoms with Crippen molar-refractivity contribution in [2.45, 2.75) is 13.8 Å². The van der Waals surface area contributed by atoms with Crippen LogP contribution in [0, 0.1) is 13.8 Å². The van der Waals surface area contributed by atoms with Crippen LogP contribution in [0.4, 0.5) is 0 Å². The number of nitrogens with one attached hydrogen (secondary N) is 2. The average Bonchev–Trinajstić information content (AvgIpc) is 2.57. The molecule has 0 radical (unpaired) electrons. The summed E-state index contributed by atoms with van der Waals surface area (Å²) in [5, 5.41) is 0. The SMILES string of the molecule is COc1ccccc1OCC(=O)NNC(=O)c1cc(C)cc(C)c1. The van der Waals surface area contributed by atoms with E-state index in [-0.39, 0.29) is 12.5 Å². The molecule has 0 spiro atoms. The first-order valence-corrected chi connectivity index (χ1v) is 7.43. The standard InChI is InChI=1S/C18H20N2O4/c1-12-8-13(2)10-14(9-12)18(22)20-19-17(21)11-24-16-7-5-4-6-15(16)23-3/h4-10H,11H2,1-3H3,(H,19,21)(H,20,22). The largest absolute Gasteiger partial charge is 0.493 e. The molecule has 2 N–H and O–H groups in total. The van der Waals surface area contributed by atoms with Gasteiger partial charge >= 0.3 is 0 Å². The van der Waals surface area contributed by atoms with Gasteiger partial charge in [-0.3, -0.25) is 20.4 Å². The third kappa shape index (κ3) is 4.74. The summed E-state index contributed by atoms with van der Waals surface area (Å²) in [6, 6.07) is 12.5. The number of benzene rings is 2. The van der Waals surface area contributed by atoms with Gasteiger partial charge in [-0.2, -0.15) is 0 Å². The van der Waals surface area contributed by atoms with Crippen LogP contribution in [0.15, 0.2) is 42.5 Å². The molecule has 2 rings (SSSR count). The van der Waals surface area contributed by atoms with Gasteiger partial charge in [0.05, 0.1) is 7.11 Å². The third-order valence-corrected chi connectivity index (χ3v) is 3.23. The summed E-state index contributed by atoms with van der Waals surface area (Å²) in [5.74, 6) is 0.131. The normalized spacial score (nSPS) is 9.96. The summed E-state index contributed by atoms with van der Waals surface area (Å²) in [4.78, 5) is 23.8. The van der Waals surface area contributed by atoms with Crippen LogP contribution in [0.3, 0.4) is 0 Å². The van der Waals surface area contributed by atoms with Crippen molar-refractivity contribution in [1.29, 1.82) is 0 Å². The van der Waals surface area contributed by atoms with Crippen molar-refractivity contribution in [2.75, 3.05) is 13.7 Å². The first-order chi connectivity index (χ1) is 11.5. The minimum atomic E-state index is -0.473. The molecule has 0 saturated carbocycles. The number of rotatable bonds is 5. The molecule has 0 aromatic heterocycles. The van der Waals surface area contributed by atoms with Crippen LogP contribution in [0.2, 0.25) is 0 Å². The zero-order valence-electron chi connectivity index (χ0n) is 13.9. The van der Waals surface area contributed by atoms with Crippen LogP contribution >= 0.6 is 0 Å². The molecule has 0 aliphatic carbocycles. The fourth-order valence-corrected chi connectivity index (χ4v) is 2.22. The number of hydrogen-bond donors (Lipinski definition) is 2.